The third-order valence-electron chi connectivity index (χ3n) is 2.41. The van der Waals surface area contributed by atoms with Gasteiger partial charge in [0.05, 0.1) is 13.1 Å². The quantitative estimate of drug-likeness (QED) is 0.627. The van der Waals surface area contributed by atoms with E-state index in [1.165, 1.54) is 11.4 Å². The molecular formula is C9H16ClN2+. The highest BCUT2D eigenvalue weighted by Gasteiger charge is 2.20. The fourth-order valence-electron chi connectivity index (χ4n) is 1.55. The van der Waals surface area contributed by atoms with Crippen molar-refractivity contribution in [3.8, 4) is 0 Å². The maximum absolute atomic E-state index is 6.16. The van der Waals surface area contributed by atoms with Gasteiger partial charge in [-0.1, -0.05) is 0 Å². The van der Waals surface area contributed by atoms with Crippen molar-refractivity contribution < 1.29 is 4.57 Å². The van der Waals surface area contributed by atoms with Gasteiger partial charge in [0.2, 0.25) is 0 Å². The lowest BCUT2D eigenvalue weighted by Gasteiger charge is -1.93. The van der Waals surface area contributed by atoms with E-state index in [0.717, 1.165) is 18.4 Å². The van der Waals surface area contributed by atoms with Gasteiger partial charge in [-0.05, 0) is 13.8 Å². The highest BCUT2D eigenvalue weighted by atomic mass is 35.5. The summed E-state index contributed by atoms with van der Waals surface area (Å²) in [4.78, 5) is 0. The topological polar surface area (TPSA) is 8.81 Å². The second-order valence-corrected chi connectivity index (χ2v) is 3.27. The van der Waals surface area contributed by atoms with Crippen LogP contribution in [0.3, 0.4) is 0 Å². The summed E-state index contributed by atoms with van der Waals surface area (Å²) in [6.07, 6.45) is 0. The monoisotopic (exact) mass is 187 g/mol. The van der Waals surface area contributed by atoms with Gasteiger partial charge in [-0.25, -0.2) is 9.13 Å². The second-order valence-electron chi connectivity index (χ2n) is 2.93. The molecule has 1 rings (SSSR count). The Morgan fingerprint density at radius 1 is 1.33 bits per heavy atom. The van der Waals surface area contributed by atoms with Crippen molar-refractivity contribution in [2.45, 2.75) is 40.8 Å². The SMILES string of the molecule is CCn1c(C)c(C)[n+](CC)c1Cl. The molecule has 0 amide bonds. The van der Waals surface area contributed by atoms with Gasteiger partial charge >= 0.3 is 5.28 Å². The van der Waals surface area contributed by atoms with E-state index in [4.69, 9.17) is 11.6 Å². The zero-order chi connectivity index (χ0) is 9.30. The smallest absolute Gasteiger partial charge is 0.217 e. The Morgan fingerprint density at radius 3 is 2.17 bits per heavy atom. The van der Waals surface area contributed by atoms with Crippen molar-refractivity contribution in [1.29, 1.82) is 0 Å². The third kappa shape index (κ3) is 1.24. The first kappa shape index (κ1) is 9.59. The predicted molar refractivity (Wildman–Crippen MR) is 50.5 cm³/mol. The number of rotatable bonds is 2. The van der Waals surface area contributed by atoms with Crippen LogP contribution in [0.2, 0.25) is 5.28 Å². The summed E-state index contributed by atoms with van der Waals surface area (Å²) >= 11 is 6.16. The van der Waals surface area contributed by atoms with E-state index in [0.29, 0.717) is 0 Å². The lowest BCUT2D eigenvalue weighted by Crippen LogP contribution is -2.35. The van der Waals surface area contributed by atoms with Crippen LogP contribution in [0.15, 0.2) is 0 Å². The van der Waals surface area contributed by atoms with E-state index in [1.807, 2.05) is 0 Å². The molecule has 12 heavy (non-hydrogen) atoms. The molecule has 0 unspecified atom stereocenters. The number of nitrogens with zero attached hydrogens (tertiary/aromatic N) is 2. The Labute approximate surface area is 78.8 Å². The minimum atomic E-state index is 0.843. The zero-order valence-electron chi connectivity index (χ0n) is 8.19. The summed E-state index contributed by atoms with van der Waals surface area (Å²) in [6, 6.07) is 0. The molecule has 1 heterocycles. The van der Waals surface area contributed by atoms with E-state index in [-0.39, 0.29) is 0 Å². The molecule has 0 aliphatic rings. The predicted octanol–water partition coefficient (Wildman–Crippen LogP) is 2.09. The largest absolute Gasteiger partial charge is 0.355 e. The molecule has 0 atom stereocenters. The van der Waals surface area contributed by atoms with E-state index >= 15 is 0 Å². The lowest BCUT2D eigenvalue weighted by molar-refractivity contribution is -0.696. The van der Waals surface area contributed by atoms with Crippen molar-refractivity contribution in [3.63, 3.8) is 0 Å². The molecule has 0 spiro atoms. The minimum Gasteiger partial charge on any atom is -0.217 e. The Kier molecular flexibility index (Phi) is 2.78. The van der Waals surface area contributed by atoms with E-state index in [2.05, 4.69) is 36.8 Å². The first-order chi connectivity index (χ1) is 5.63. The van der Waals surface area contributed by atoms with Crippen LogP contribution in [-0.2, 0) is 13.1 Å². The lowest BCUT2D eigenvalue weighted by atomic mass is 10.3. The Hall–Kier alpha value is -0.500. The van der Waals surface area contributed by atoms with Crippen LogP contribution >= 0.6 is 11.6 Å². The maximum atomic E-state index is 6.16. The van der Waals surface area contributed by atoms with Crippen LogP contribution in [0, 0.1) is 13.8 Å². The molecule has 0 aromatic carbocycles. The molecule has 0 saturated carbocycles. The summed E-state index contributed by atoms with van der Waals surface area (Å²) in [7, 11) is 0. The molecular weight excluding hydrogens is 172 g/mol. The van der Waals surface area contributed by atoms with Crippen LogP contribution < -0.4 is 4.57 Å². The number of aromatic nitrogens is 2. The third-order valence-corrected chi connectivity index (χ3v) is 2.82. The highest BCUT2D eigenvalue weighted by molar-refractivity contribution is 6.27. The molecule has 0 aliphatic heterocycles. The summed E-state index contributed by atoms with van der Waals surface area (Å²) in [5, 5.41) is 0.843. The van der Waals surface area contributed by atoms with Gasteiger partial charge in [0.1, 0.15) is 11.4 Å². The van der Waals surface area contributed by atoms with Crippen LogP contribution in [-0.4, -0.2) is 4.57 Å². The number of hydrogen-bond acceptors (Lipinski definition) is 0. The number of hydrogen-bond donors (Lipinski definition) is 0. The first-order valence-electron chi connectivity index (χ1n) is 4.38. The molecule has 0 N–H and O–H groups in total. The normalized spacial score (nSPS) is 10.8. The zero-order valence-corrected chi connectivity index (χ0v) is 8.94. The summed E-state index contributed by atoms with van der Waals surface area (Å²) in [6.45, 7) is 10.3. The summed E-state index contributed by atoms with van der Waals surface area (Å²) in [5.41, 5.74) is 2.54. The number of halogens is 1. The van der Waals surface area contributed by atoms with Crippen LogP contribution in [0.25, 0.3) is 0 Å². The fourth-order valence-corrected chi connectivity index (χ4v) is 2.04. The van der Waals surface area contributed by atoms with Gasteiger partial charge in [0.15, 0.2) is 0 Å². The molecule has 0 fully saturated rings. The Balaban J connectivity index is 3.32. The van der Waals surface area contributed by atoms with Crippen molar-refractivity contribution >= 4 is 11.6 Å². The van der Waals surface area contributed by atoms with Crippen molar-refractivity contribution in [3.05, 3.63) is 16.7 Å². The summed E-state index contributed by atoms with van der Waals surface area (Å²) in [5.74, 6) is 0. The molecule has 1 aromatic rings. The van der Waals surface area contributed by atoms with E-state index < -0.39 is 0 Å². The van der Waals surface area contributed by atoms with Gasteiger partial charge in [-0.3, -0.25) is 0 Å². The molecule has 68 valence electrons. The molecule has 0 saturated heterocycles. The van der Waals surface area contributed by atoms with Gasteiger partial charge in [0, 0.05) is 25.4 Å². The van der Waals surface area contributed by atoms with Crippen LogP contribution in [0.1, 0.15) is 25.2 Å². The Bertz CT molecular complexity index is 262. The molecule has 0 aliphatic carbocycles. The van der Waals surface area contributed by atoms with Gasteiger partial charge in [-0.15, -0.1) is 0 Å². The van der Waals surface area contributed by atoms with Crippen molar-refractivity contribution in [2.75, 3.05) is 0 Å². The highest BCUT2D eigenvalue weighted by Crippen LogP contribution is 2.12. The molecule has 1 aromatic heterocycles. The molecule has 3 heteroatoms. The van der Waals surface area contributed by atoms with Crippen LogP contribution in [0.5, 0.6) is 0 Å². The number of imidazole rings is 1. The van der Waals surface area contributed by atoms with Crippen molar-refractivity contribution in [1.82, 2.24) is 4.57 Å². The standard InChI is InChI=1S/C9H16ClN2/c1-5-11-7(3)8(4)12(6-2)9(11)10/h5-6H2,1-4H3/q+1. The molecule has 2 nitrogen and oxygen atoms in total. The van der Waals surface area contributed by atoms with Crippen molar-refractivity contribution in [2.24, 2.45) is 0 Å². The van der Waals surface area contributed by atoms with Crippen LogP contribution in [0.4, 0.5) is 0 Å². The maximum Gasteiger partial charge on any atom is 0.355 e. The Morgan fingerprint density at radius 2 is 1.92 bits per heavy atom. The summed E-state index contributed by atoms with van der Waals surface area (Å²) < 4.78 is 4.25. The van der Waals surface area contributed by atoms with Gasteiger partial charge in [0.25, 0.3) is 0 Å². The van der Waals surface area contributed by atoms with E-state index in [9.17, 15) is 0 Å². The van der Waals surface area contributed by atoms with E-state index in [1.54, 1.807) is 0 Å². The van der Waals surface area contributed by atoms with Gasteiger partial charge in [-0.2, -0.15) is 0 Å². The van der Waals surface area contributed by atoms with Gasteiger partial charge < -0.3 is 0 Å². The average Bonchev–Trinajstić information content (AvgIpc) is 2.25. The minimum absolute atomic E-state index is 0.843. The first-order valence-corrected chi connectivity index (χ1v) is 4.76. The second kappa shape index (κ2) is 3.48. The molecule has 0 radical (unpaired) electrons. The average molecular weight is 188 g/mol. The molecule has 0 bridgehead atoms. The fraction of sp³-hybridized carbons (Fsp3) is 0.667.